The number of pyridine rings is 1. The number of carbonyl (C=O) groups excluding carboxylic acids is 3. The van der Waals surface area contributed by atoms with E-state index in [-0.39, 0.29) is 11.6 Å². The molecule has 2 aromatic carbocycles. The lowest BCUT2D eigenvalue weighted by Crippen LogP contribution is -2.29. The highest BCUT2D eigenvalue weighted by Gasteiger charge is 2.17. The summed E-state index contributed by atoms with van der Waals surface area (Å²) in [5, 5.41) is 7.50. The predicted molar refractivity (Wildman–Crippen MR) is 121 cm³/mol. The van der Waals surface area contributed by atoms with Crippen LogP contribution in [-0.4, -0.2) is 44.0 Å². The number of methoxy groups -OCH3 is 2. The molecule has 3 rings (SSSR count). The summed E-state index contributed by atoms with van der Waals surface area (Å²) >= 11 is 0. The van der Waals surface area contributed by atoms with E-state index >= 15 is 0 Å². The molecule has 0 aliphatic heterocycles. The number of hydrogen-bond acceptors (Lipinski definition) is 7. The Kier molecular flexibility index (Phi) is 7.43. The van der Waals surface area contributed by atoms with Gasteiger partial charge >= 0.3 is 11.8 Å². The van der Waals surface area contributed by atoms with Crippen LogP contribution in [0.15, 0.2) is 60.8 Å². The Bertz CT molecular complexity index is 1180. The predicted octanol–water partition coefficient (Wildman–Crippen LogP) is 2.83. The Balaban J connectivity index is 1.68. The molecule has 3 amide bonds. The summed E-state index contributed by atoms with van der Waals surface area (Å²) < 4.78 is 16.1. The lowest BCUT2D eigenvalue weighted by Gasteiger charge is -2.12. The molecule has 0 aliphatic carbocycles. The summed E-state index contributed by atoms with van der Waals surface area (Å²) in [7, 11) is 4.44. The van der Waals surface area contributed by atoms with Crippen molar-refractivity contribution in [3.63, 3.8) is 0 Å². The van der Waals surface area contributed by atoms with E-state index < -0.39 is 11.8 Å². The third-order valence-electron chi connectivity index (χ3n) is 4.38. The SMILES string of the molecule is CNC(=O)c1cc(Oc2cccc(NC(=O)C(=O)Nc3cc(OC)ccc3OC)c2)ccn1. The first-order chi connectivity index (χ1) is 15.9. The molecule has 33 heavy (non-hydrogen) atoms. The highest BCUT2D eigenvalue weighted by molar-refractivity contribution is 6.43. The molecule has 0 fully saturated rings. The standard InChI is InChI=1S/C23H22N4O6/c1-24-21(28)19-13-17(9-10-25-19)33-16-6-4-5-14(11-16)26-22(29)23(30)27-18-12-15(31-2)7-8-20(18)32-3/h4-13H,1-3H3,(H,24,28)(H,26,29)(H,27,30). The molecule has 0 saturated carbocycles. The Morgan fingerprint density at radius 3 is 2.30 bits per heavy atom. The molecule has 3 N–H and O–H groups in total. The van der Waals surface area contributed by atoms with Crippen LogP contribution >= 0.6 is 0 Å². The van der Waals surface area contributed by atoms with Crippen molar-refractivity contribution in [3.8, 4) is 23.0 Å². The van der Waals surface area contributed by atoms with Crippen LogP contribution in [0.3, 0.4) is 0 Å². The van der Waals surface area contributed by atoms with E-state index in [1.54, 1.807) is 42.5 Å². The number of nitrogens with one attached hydrogen (secondary N) is 3. The van der Waals surface area contributed by atoms with Crippen LogP contribution in [0.4, 0.5) is 11.4 Å². The molecule has 0 radical (unpaired) electrons. The first kappa shape index (κ1) is 23.1. The molecule has 0 spiro atoms. The topological polar surface area (TPSA) is 128 Å². The quantitative estimate of drug-likeness (QED) is 0.472. The third kappa shape index (κ3) is 5.97. The summed E-state index contributed by atoms with van der Waals surface area (Å²) in [6.07, 6.45) is 1.45. The number of anilines is 2. The second-order valence-corrected chi connectivity index (χ2v) is 6.56. The minimum Gasteiger partial charge on any atom is -0.497 e. The van der Waals surface area contributed by atoms with Gasteiger partial charge in [-0.15, -0.1) is 0 Å². The molecule has 0 bridgehead atoms. The van der Waals surface area contributed by atoms with Gasteiger partial charge in [-0.1, -0.05) is 6.07 Å². The summed E-state index contributed by atoms with van der Waals surface area (Å²) in [5.74, 6) is -0.486. The summed E-state index contributed by atoms with van der Waals surface area (Å²) in [4.78, 5) is 40.5. The minimum atomic E-state index is -0.891. The Morgan fingerprint density at radius 1 is 0.818 bits per heavy atom. The van der Waals surface area contributed by atoms with Crippen LogP contribution in [0.25, 0.3) is 0 Å². The largest absolute Gasteiger partial charge is 0.497 e. The van der Waals surface area contributed by atoms with Crippen LogP contribution in [-0.2, 0) is 9.59 Å². The number of aromatic nitrogens is 1. The third-order valence-corrected chi connectivity index (χ3v) is 4.38. The molecular formula is C23H22N4O6. The van der Waals surface area contributed by atoms with Crippen LogP contribution in [0.1, 0.15) is 10.5 Å². The molecule has 10 nitrogen and oxygen atoms in total. The molecule has 0 unspecified atom stereocenters. The Morgan fingerprint density at radius 2 is 1.58 bits per heavy atom. The van der Waals surface area contributed by atoms with Crippen molar-refractivity contribution in [2.45, 2.75) is 0 Å². The van der Waals surface area contributed by atoms with E-state index in [0.717, 1.165) is 0 Å². The van der Waals surface area contributed by atoms with E-state index in [4.69, 9.17) is 14.2 Å². The second-order valence-electron chi connectivity index (χ2n) is 6.56. The van der Waals surface area contributed by atoms with Crippen molar-refractivity contribution < 1.29 is 28.6 Å². The average Bonchev–Trinajstić information content (AvgIpc) is 2.83. The zero-order valence-electron chi connectivity index (χ0n) is 18.2. The molecule has 1 heterocycles. The first-order valence-electron chi connectivity index (χ1n) is 9.74. The first-order valence-corrected chi connectivity index (χ1v) is 9.74. The van der Waals surface area contributed by atoms with Crippen LogP contribution in [0.5, 0.6) is 23.0 Å². The number of carbonyl (C=O) groups is 3. The number of hydrogen-bond donors (Lipinski definition) is 3. The highest BCUT2D eigenvalue weighted by atomic mass is 16.5. The molecule has 0 aliphatic rings. The van der Waals surface area contributed by atoms with Gasteiger partial charge in [-0.25, -0.2) is 0 Å². The van der Waals surface area contributed by atoms with Gasteiger partial charge in [0.25, 0.3) is 5.91 Å². The van der Waals surface area contributed by atoms with Crippen molar-refractivity contribution in [3.05, 3.63) is 66.5 Å². The monoisotopic (exact) mass is 450 g/mol. The van der Waals surface area contributed by atoms with Gasteiger partial charge in [0.15, 0.2) is 0 Å². The highest BCUT2D eigenvalue weighted by Crippen LogP contribution is 2.29. The minimum absolute atomic E-state index is 0.198. The molecule has 0 saturated heterocycles. The maximum Gasteiger partial charge on any atom is 0.314 e. The van der Waals surface area contributed by atoms with Crippen LogP contribution < -0.4 is 30.2 Å². The van der Waals surface area contributed by atoms with Gasteiger partial charge in [0.05, 0.1) is 19.9 Å². The Labute approximate surface area is 189 Å². The van der Waals surface area contributed by atoms with Crippen molar-refractivity contribution in [2.24, 2.45) is 0 Å². The van der Waals surface area contributed by atoms with E-state index in [0.29, 0.717) is 34.4 Å². The van der Waals surface area contributed by atoms with E-state index in [1.165, 1.54) is 39.6 Å². The lowest BCUT2D eigenvalue weighted by molar-refractivity contribution is -0.133. The maximum absolute atomic E-state index is 12.4. The molecule has 3 aromatic rings. The second kappa shape index (κ2) is 10.6. The summed E-state index contributed by atoms with van der Waals surface area (Å²) in [6.45, 7) is 0. The van der Waals surface area contributed by atoms with Gasteiger partial charge in [0.1, 0.15) is 28.7 Å². The normalized spacial score (nSPS) is 10.0. The van der Waals surface area contributed by atoms with Crippen molar-refractivity contribution >= 4 is 29.1 Å². The zero-order chi connectivity index (χ0) is 23.8. The molecule has 170 valence electrons. The Hall–Kier alpha value is -4.60. The molecular weight excluding hydrogens is 428 g/mol. The number of benzene rings is 2. The number of rotatable bonds is 7. The summed E-state index contributed by atoms with van der Waals surface area (Å²) in [6, 6.07) is 14.4. The molecule has 10 heteroatoms. The summed E-state index contributed by atoms with van der Waals surface area (Å²) in [5.41, 5.74) is 0.827. The number of amides is 3. The fourth-order valence-electron chi connectivity index (χ4n) is 2.78. The van der Waals surface area contributed by atoms with Gasteiger partial charge < -0.3 is 30.2 Å². The smallest absolute Gasteiger partial charge is 0.314 e. The molecule has 1 aromatic heterocycles. The fourth-order valence-corrected chi connectivity index (χ4v) is 2.78. The van der Waals surface area contributed by atoms with Crippen LogP contribution in [0, 0.1) is 0 Å². The number of nitrogens with zero attached hydrogens (tertiary/aromatic N) is 1. The zero-order valence-corrected chi connectivity index (χ0v) is 18.2. The lowest BCUT2D eigenvalue weighted by atomic mass is 10.2. The maximum atomic E-state index is 12.4. The van der Waals surface area contributed by atoms with E-state index in [2.05, 4.69) is 20.9 Å². The van der Waals surface area contributed by atoms with Gasteiger partial charge in [-0.05, 0) is 30.3 Å². The van der Waals surface area contributed by atoms with Gasteiger partial charge in [0, 0.05) is 37.1 Å². The molecule has 0 atom stereocenters. The van der Waals surface area contributed by atoms with Crippen LogP contribution in [0.2, 0.25) is 0 Å². The van der Waals surface area contributed by atoms with Gasteiger partial charge in [0.2, 0.25) is 0 Å². The fraction of sp³-hybridized carbons (Fsp3) is 0.130. The van der Waals surface area contributed by atoms with Crippen molar-refractivity contribution in [1.82, 2.24) is 10.3 Å². The van der Waals surface area contributed by atoms with E-state index in [1.807, 2.05) is 0 Å². The van der Waals surface area contributed by atoms with E-state index in [9.17, 15) is 14.4 Å². The number of ether oxygens (including phenoxy) is 3. The van der Waals surface area contributed by atoms with Crippen molar-refractivity contribution in [2.75, 3.05) is 31.9 Å². The van der Waals surface area contributed by atoms with Gasteiger partial charge in [-0.2, -0.15) is 0 Å². The van der Waals surface area contributed by atoms with Crippen molar-refractivity contribution in [1.29, 1.82) is 0 Å². The average molecular weight is 450 g/mol. The van der Waals surface area contributed by atoms with Gasteiger partial charge in [-0.3, -0.25) is 19.4 Å².